The molecule has 0 fully saturated rings. The number of urea groups is 1. The van der Waals surface area contributed by atoms with Gasteiger partial charge in [0.15, 0.2) is 0 Å². The number of benzene rings is 2. The van der Waals surface area contributed by atoms with Crippen LogP contribution in [0, 0.1) is 6.92 Å². The Bertz CT molecular complexity index is 712. The second-order valence-electron chi connectivity index (χ2n) is 5.81. The number of aryl methyl sites for hydroxylation is 1. The third kappa shape index (κ3) is 6.47. The van der Waals surface area contributed by atoms with Crippen molar-refractivity contribution in [1.29, 1.82) is 0 Å². The first-order chi connectivity index (χ1) is 12.6. The molecule has 0 aliphatic heterocycles. The zero-order valence-electron chi connectivity index (χ0n) is 15.1. The summed E-state index contributed by atoms with van der Waals surface area (Å²) in [6.07, 6.45) is 0.717. The highest BCUT2D eigenvalue weighted by Crippen LogP contribution is 2.11. The summed E-state index contributed by atoms with van der Waals surface area (Å²) in [7, 11) is 1.34. The van der Waals surface area contributed by atoms with Crippen LogP contribution in [-0.4, -0.2) is 32.3 Å². The number of hydrogen-bond donors (Lipinski definition) is 2. The summed E-state index contributed by atoms with van der Waals surface area (Å²) >= 11 is 0. The number of amides is 2. The van der Waals surface area contributed by atoms with E-state index >= 15 is 0 Å². The SMILES string of the molecule is COC(=O)c1ccc(CNC(=O)NCCCOc2ccc(C)cc2)cc1. The Labute approximate surface area is 153 Å². The first-order valence-electron chi connectivity index (χ1n) is 8.47. The number of esters is 1. The highest BCUT2D eigenvalue weighted by Gasteiger charge is 2.05. The smallest absolute Gasteiger partial charge is 0.337 e. The Morgan fingerprint density at radius 2 is 1.65 bits per heavy atom. The molecule has 0 saturated carbocycles. The summed E-state index contributed by atoms with van der Waals surface area (Å²) in [6.45, 7) is 3.48. The van der Waals surface area contributed by atoms with Gasteiger partial charge in [0.25, 0.3) is 0 Å². The first-order valence-corrected chi connectivity index (χ1v) is 8.47. The van der Waals surface area contributed by atoms with Crippen LogP contribution in [0.15, 0.2) is 48.5 Å². The number of carbonyl (C=O) groups is 2. The van der Waals surface area contributed by atoms with Gasteiger partial charge in [-0.2, -0.15) is 0 Å². The Morgan fingerprint density at radius 1 is 0.962 bits per heavy atom. The molecule has 0 bridgehead atoms. The maximum absolute atomic E-state index is 11.8. The monoisotopic (exact) mass is 356 g/mol. The first kappa shape index (κ1) is 19.3. The zero-order chi connectivity index (χ0) is 18.8. The minimum Gasteiger partial charge on any atom is -0.494 e. The summed E-state index contributed by atoms with van der Waals surface area (Å²) in [5.41, 5.74) is 2.57. The normalized spacial score (nSPS) is 10.1. The molecule has 0 aromatic heterocycles. The lowest BCUT2D eigenvalue weighted by molar-refractivity contribution is 0.0600. The molecular weight excluding hydrogens is 332 g/mol. The van der Waals surface area contributed by atoms with E-state index in [9.17, 15) is 9.59 Å². The van der Waals surface area contributed by atoms with Crippen molar-refractivity contribution in [3.63, 3.8) is 0 Å². The van der Waals surface area contributed by atoms with Crippen LogP contribution in [0.5, 0.6) is 5.75 Å². The molecule has 26 heavy (non-hydrogen) atoms. The van der Waals surface area contributed by atoms with Gasteiger partial charge < -0.3 is 20.1 Å². The fourth-order valence-corrected chi connectivity index (χ4v) is 2.22. The number of hydrogen-bond acceptors (Lipinski definition) is 4. The molecule has 6 heteroatoms. The maximum atomic E-state index is 11.8. The number of rotatable bonds is 8. The van der Waals surface area contributed by atoms with Crippen LogP contribution in [0.3, 0.4) is 0 Å². The van der Waals surface area contributed by atoms with E-state index in [1.807, 2.05) is 31.2 Å². The topological polar surface area (TPSA) is 76.7 Å². The Balaban J connectivity index is 1.60. The van der Waals surface area contributed by atoms with Gasteiger partial charge in [-0.1, -0.05) is 29.8 Å². The van der Waals surface area contributed by atoms with Crippen molar-refractivity contribution in [2.45, 2.75) is 19.9 Å². The lowest BCUT2D eigenvalue weighted by Crippen LogP contribution is -2.36. The van der Waals surface area contributed by atoms with Crippen LogP contribution < -0.4 is 15.4 Å². The van der Waals surface area contributed by atoms with Crippen LogP contribution in [-0.2, 0) is 11.3 Å². The molecule has 6 nitrogen and oxygen atoms in total. The zero-order valence-corrected chi connectivity index (χ0v) is 15.1. The van der Waals surface area contributed by atoms with Gasteiger partial charge in [-0.05, 0) is 43.2 Å². The number of nitrogens with one attached hydrogen (secondary N) is 2. The van der Waals surface area contributed by atoms with E-state index in [1.54, 1.807) is 24.3 Å². The third-order valence-corrected chi connectivity index (χ3v) is 3.72. The van der Waals surface area contributed by atoms with Crippen molar-refractivity contribution in [1.82, 2.24) is 10.6 Å². The molecule has 0 radical (unpaired) electrons. The van der Waals surface area contributed by atoms with Gasteiger partial charge in [0, 0.05) is 13.1 Å². The lowest BCUT2D eigenvalue weighted by atomic mass is 10.1. The molecule has 0 aliphatic carbocycles. The lowest BCUT2D eigenvalue weighted by Gasteiger charge is -2.09. The van der Waals surface area contributed by atoms with E-state index in [0.717, 1.165) is 17.7 Å². The van der Waals surface area contributed by atoms with Gasteiger partial charge in [-0.15, -0.1) is 0 Å². The molecule has 0 saturated heterocycles. The predicted octanol–water partition coefficient (Wildman–Crippen LogP) is 3.05. The second kappa shape index (κ2) is 10.1. The Kier molecular flexibility index (Phi) is 7.49. The quantitative estimate of drug-likeness (QED) is 0.563. The highest BCUT2D eigenvalue weighted by molar-refractivity contribution is 5.89. The average molecular weight is 356 g/mol. The fourth-order valence-electron chi connectivity index (χ4n) is 2.22. The van der Waals surface area contributed by atoms with Gasteiger partial charge in [0.2, 0.25) is 0 Å². The summed E-state index contributed by atoms with van der Waals surface area (Å²) in [5.74, 6) is 0.450. The molecule has 0 heterocycles. The van der Waals surface area contributed by atoms with Gasteiger partial charge >= 0.3 is 12.0 Å². The van der Waals surface area contributed by atoms with Crippen molar-refractivity contribution in [2.24, 2.45) is 0 Å². The maximum Gasteiger partial charge on any atom is 0.337 e. The van der Waals surface area contributed by atoms with Crippen molar-refractivity contribution in [2.75, 3.05) is 20.3 Å². The molecule has 2 amide bonds. The van der Waals surface area contributed by atoms with Crippen LogP contribution >= 0.6 is 0 Å². The minimum atomic E-state index is -0.380. The molecule has 2 aromatic rings. The highest BCUT2D eigenvalue weighted by atomic mass is 16.5. The fraction of sp³-hybridized carbons (Fsp3) is 0.300. The predicted molar refractivity (Wildman–Crippen MR) is 99.3 cm³/mol. The van der Waals surface area contributed by atoms with E-state index < -0.39 is 0 Å². The third-order valence-electron chi connectivity index (χ3n) is 3.72. The number of carbonyl (C=O) groups excluding carboxylic acids is 2. The van der Waals surface area contributed by atoms with Crippen molar-refractivity contribution in [3.05, 3.63) is 65.2 Å². The van der Waals surface area contributed by atoms with E-state index in [0.29, 0.717) is 25.3 Å². The molecule has 2 N–H and O–H groups in total. The number of ether oxygens (including phenoxy) is 2. The standard InChI is InChI=1S/C20H24N2O4/c1-15-4-10-18(11-5-15)26-13-3-12-21-20(24)22-14-16-6-8-17(9-7-16)19(23)25-2/h4-11H,3,12-14H2,1-2H3,(H2,21,22,24). The molecule has 0 spiro atoms. The Morgan fingerprint density at radius 3 is 2.31 bits per heavy atom. The average Bonchev–Trinajstić information content (AvgIpc) is 2.67. The van der Waals surface area contributed by atoms with Gasteiger partial charge in [0.05, 0.1) is 19.3 Å². The minimum absolute atomic E-state index is 0.239. The largest absolute Gasteiger partial charge is 0.494 e. The summed E-state index contributed by atoms with van der Waals surface area (Å²) < 4.78 is 10.2. The van der Waals surface area contributed by atoms with E-state index in [1.165, 1.54) is 12.7 Å². The molecule has 0 atom stereocenters. The van der Waals surface area contributed by atoms with Crippen molar-refractivity contribution >= 4 is 12.0 Å². The van der Waals surface area contributed by atoms with Crippen molar-refractivity contribution in [3.8, 4) is 5.75 Å². The summed E-state index contributed by atoms with van der Waals surface area (Å²) in [4.78, 5) is 23.1. The molecular formula is C20H24N2O4. The van der Waals surface area contributed by atoms with Gasteiger partial charge in [-0.25, -0.2) is 9.59 Å². The summed E-state index contributed by atoms with van der Waals surface area (Å²) in [5, 5.41) is 5.55. The Hall–Kier alpha value is -3.02. The van der Waals surface area contributed by atoms with E-state index in [-0.39, 0.29) is 12.0 Å². The number of methoxy groups -OCH3 is 1. The molecule has 0 unspecified atom stereocenters. The molecule has 2 rings (SSSR count). The van der Waals surface area contributed by atoms with E-state index in [4.69, 9.17) is 4.74 Å². The van der Waals surface area contributed by atoms with E-state index in [2.05, 4.69) is 15.4 Å². The molecule has 138 valence electrons. The van der Waals surface area contributed by atoms with Gasteiger partial charge in [-0.3, -0.25) is 0 Å². The molecule has 2 aromatic carbocycles. The van der Waals surface area contributed by atoms with Crippen LogP contribution in [0.4, 0.5) is 4.79 Å². The summed E-state index contributed by atoms with van der Waals surface area (Å²) in [6, 6.07) is 14.5. The van der Waals surface area contributed by atoms with Crippen LogP contribution in [0.1, 0.15) is 27.9 Å². The second-order valence-corrected chi connectivity index (χ2v) is 5.81. The van der Waals surface area contributed by atoms with Gasteiger partial charge in [0.1, 0.15) is 5.75 Å². The van der Waals surface area contributed by atoms with Crippen LogP contribution in [0.25, 0.3) is 0 Å². The van der Waals surface area contributed by atoms with Crippen molar-refractivity contribution < 1.29 is 19.1 Å². The molecule has 0 aliphatic rings. The van der Waals surface area contributed by atoms with Crippen LogP contribution in [0.2, 0.25) is 0 Å².